The third-order valence-corrected chi connectivity index (χ3v) is 6.52. The van der Waals surface area contributed by atoms with Crippen molar-refractivity contribution >= 4 is 17.7 Å². The van der Waals surface area contributed by atoms with Crippen LogP contribution in [0.15, 0.2) is 90.3 Å². The summed E-state index contributed by atoms with van der Waals surface area (Å²) < 4.78 is 2.06. The first-order valence-electron chi connectivity index (χ1n) is 11.0. The molecule has 4 rings (SSSR count). The Balaban J connectivity index is 1.48. The third kappa shape index (κ3) is 5.87. The van der Waals surface area contributed by atoms with Crippen LogP contribution in [0, 0.1) is 0 Å². The van der Waals surface area contributed by atoms with Gasteiger partial charge in [-0.3, -0.25) is 14.3 Å². The van der Waals surface area contributed by atoms with Crippen LogP contribution in [0.2, 0.25) is 0 Å². The van der Waals surface area contributed by atoms with E-state index in [9.17, 15) is 4.79 Å². The summed E-state index contributed by atoms with van der Waals surface area (Å²) in [6.07, 6.45) is 3.49. The first-order valence-corrected chi connectivity index (χ1v) is 11.9. The van der Waals surface area contributed by atoms with Gasteiger partial charge >= 0.3 is 0 Å². The molecule has 2 atom stereocenters. The fraction of sp³-hybridized carbons (Fsp3) is 0.231. The minimum Gasteiger partial charge on any atom is -0.355 e. The number of rotatable bonds is 9. The highest BCUT2D eigenvalue weighted by Gasteiger charge is 2.21. The van der Waals surface area contributed by atoms with Gasteiger partial charge in [-0.15, -0.1) is 10.2 Å². The fourth-order valence-electron chi connectivity index (χ4n) is 3.51. The number of amides is 1. The summed E-state index contributed by atoms with van der Waals surface area (Å²) in [6, 6.07) is 24.2. The van der Waals surface area contributed by atoms with Crippen molar-refractivity contribution in [1.82, 2.24) is 25.1 Å². The molecule has 0 saturated heterocycles. The number of carbonyl (C=O) groups is 1. The molecular weight excluding hydrogens is 430 g/mol. The molecule has 1 amide bonds. The number of aromatic nitrogens is 4. The Bertz CT molecular complexity index is 1170. The van der Waals surface area contributed by atoms with Gasteiger partial charge in [0, 0.05) is 24.5 Å². The van der Waals surface area contributed by atoms with Gasteiger partial charge in [0.2, 0.25) is 5.91 Å². The number of hydrogen-bond acceptors (Lipinski definition) is 5. The van der Waals surface area contributed by atoms with E-state index in [1.165, 1.54) is 17.3 Å². The predicted molar refractivity (Wildman–Crippen MR) is 132 cm³/mol. The lowest BCUT2D eigenvalue weighted by molar-refractivity contribution is -0.120. The van der Waals surface area contributed by atoms with Crippen molar-refractivity contribution in [3.63, 3.8) is 0 Å². The summed E-state index contributed by atoms with van der Waals surface area (Å²) in [5.41, 5.74) is 3.29. The number of benzene rings is 2. The highest BCUT2D eigenvalue weighted by molar-refractivity contribution is 8.00. The Labute approximate surface area is 198 Å². The predicted octanol–water partition coefficient (Wildman–Crippen LogP) is 4.79. The second-order valence-corrected chi connectivity index (χ2v) is 9.24. The number of thioether (sulfide) groups is 1. The van der Waals surface area contributed by atoms with Crippen LogP contribution >= 0.6 is 11.8 Å². The molecular formula is C26H27N5OS. The van der Waals surface area contributed by atoms with Gasteiger partial charge in [0.25, 0.3) is 0 Å². The maximum atomic E-state index is 12.8. The molecule has 0 spiro atoms. The van der Waals surface area contributed by atoms with Gasteiger partial charge in [0.15, 0.2) is 11.0 Å². The Kier molecular flexibility index (Phi) is 7.52. The lowest BCUT2D eigenvalue weighted by Gasteiger charge is -2.16. The van der Waals surface area contributed by atoms with E-state index < -0.39 is 0 Å². The molecule has 2 unspecified atom stereocenters. The van der Waals surface area contributed by atoms with Crippen LogP contribution in [-0.2, 0) is 11.3 Å². The molecule has 1 N–H and O–H groups in total. The Hall–Kier alpha value is -3.45. The maximum Gasteiger partial charge on any atom is 0.233 e. The normalized spacial score (nSPS) is 12.8. The molecule has 0 aliphatic carbocycles. The van der Waals surface area contributed by atoms with E-state index in [0.717, 1.165) is 17.0 Å². The molecule has 0 fully saturated rings. The average Bonchev–Trinajstić information content (AvgIpc) is 3.25. The zero-order valence-corrected chi connectivity index (χ0v) is 19.6. The summed E-state index contributed by atoms with van der Waals surface area (Å²) in [7, 11) is 0. The second kappa shape index (κ2) is 10.9. The van der Waals surface area contributed by atoms with Crippen LogP contribution in [-0.4, -0.2) is 37.5 Å². The fourth-order valence-corrected chi connectivity index (χ4v) is 4.38. The van der Waals surface area contributed by atoms with Gasteiger partial charge in [-0.1, -0.05) is 79.3 Å². The molecule has 0 aliphatic rings. The van der Waals surface area contributed by atoms with Gasteiger partial charge in [-0.2, -0.15) is 0 Å². The van der Waals surface area contributed by atoms with Crippen molar-refractivity contribution < 1.29 is 4.79 Å². The second-order valence-electron chi connectivity index (χ2n) is 7.93. The summed E-state index contributed by atoms with van der Waals surface area (Å²) in [5, 5.41) is 12.4. The summed E-state index contributed by atoms with van der Waals surface area (Å²) in [5.74, 6) is 0.990. The standard InChI is InChI=1S/C26H27N5OS/c1-19(22-11-7-4-8-12-22)17-28-25(32)20(2)33-26-30-29-24(23-13-15-27-16-14-23)31(26)18-21-9-5-3-6-10-21/h3-16,19-20H,17-18H2,1-2H3,(H,28,32). The Morgan fingerprint density at radius 3 is 2.30 bits per heavy atom. The van der Waals surface area contributed by atoms with Crippen molar-refractivity contribution in [3.8, 4) is 11.4 Å². The first-order chi connectivity index (χ1) is 16.1. The summed E-state index contributed by atoms with van der Waals surface area (Å²) in [4.78, 5) is 16.9. The van der Waals surface area contributed by atoms with Crippen molar-refractivity contribution in [3.05, 3.63) is 96.3 Å². The molecule has 0 aliphatic heterocycles. The maximum absolute atomic E-state index is 12.8. The van der Waals surface area contributed by atoms with E-state index in [1.54, 1.807) is 12.4 Å². The molecule has 0 bridgehead atoms. The molecule has 4 aromatic rings. The summed E-state index contributed by atoms with van der Waals surface area (Å²) >= 11 is 1.42. The SMILES string of the molecule is CC(Sc1nnc(-c2ccncc2)n1Cc1ccccc1)C(=O)NCC(C)c1ccccc1. The van der Waals surface area contributed by atoms with Crippen LogP contribution in [0.25, 0.3) is 11.4 Å². The van der Waals surface area contributed by atoms with Crippen molar-refractivity contribution in [2.45, 2.75) is 36.7 Å². The van der Waals surface area contributed by atoms with E-state index in [1.807, 2.05) is 55.5 Å². The smallest absolute Gasteiger partial charge is 0.233 e. The van der Waals surface area contributed by atoms with Gasteiger partial charge in [0.1, 0.15) is 0 Å². The molecule has 7 heteroatoms. The largest absolute Gasteiger partial charge is 0.355 e. The first kappa shape index (κ1) is 22.7. The molecule has 168 valence electrons. The highest BCUT2D eigenvalue weighted by atomic mass is 32.2. The molecule has 2 heterocycles. The van der Waals surface area contributed by atoms with E-state index in [-0.39, 0.29) is 17.1 Å². The van der Waals surface area contributed by atoms with Gasteiger partial charge in [0.05, 0.1) is 11.8 Å². The highest BCUT2D eigenvalue weighted by Crippen LogP contribution is 2.28. The average molecular weight is 458 g/mol. The zero-order valence-electron chi connectivity index (χ0n) is 18.8. The van der Waals surface area contributed by atoms with Gasteiger partial charge < -0.3 is 5.32 Å². The van der Waals surface area contributed by atoms with Crippen LogP contribution < -0.4 is 5.32 Å². The molecule has 6 nitrogen and oxygen atoms in total. The quantitative estimate of drug-likeness (QED) is 0.366. The van der Waals surface area contributed by atoms with Crippen molar-refractivity contribution in [2.75, 3.05) is 6.54 Å². The van der Waals surface area contributed by atoms with E-state index in [0.29, 0.717) is 18.2 Å². The minimum absolute atomic E-state index is 0.0116. The lowest BCUT2D eigenvalue weighted by atomic mass is 10.0. The monoisotopic (exact) mass is 457 g/mol. The van der Waals surface area contributed by atoms with Crippen molar-refractivity contribution in [1.29, 1.82) is 0 Å². The van der Waals surface area contributed by atoms with Crippen LogP contribution in [0.3, 0.4) is 0 Å². The van der Waals surface area contributed by atoms with Gasteiger partial charge in [-0.25, -0.2) is 0 Å². The van der Waals surface area contributed by atoms with E-state index in [4.69, 9.17) is 0 Å². The molecule has 33 heavy (non-hydrogen) atoms. The van der Waals surface area contributed by atoms with Crippen LogP contribution in [0.4, 0.5) is 0 Å². The van der Waals surface area contributed by atoms with E-state index in [2.05, 4.69) is 56.3 Å². The number of pyridine rings is 1. The van der Waals surface area contributed by atoms with Crippen LogP contribution in [0.1, 0.15) is 30.9 Å². The molecule has 2 aromatic carbocycles. The van der Waals surface area contributed by atoms with Crippen molar-refractivity contribution in [2.24, 2.45) is 0 Å². The van der Waals surface area contributed by atoms with E-state index >= 15 is 0 Å². The number of nitrogens with zero attached hydrogens (tertiary/aromatic N) is 4. The zero-order chi connectivity index (χ0) is 23.0. The summed E-state index contributed by atoms with van der Waals surface area (Å²) in [6.45, 7) is 5.23. The third-order valence-electron chi connectivity index (χ3n) is 5.44. The molecule has 0 saturated carbocycles. The number of nitrogens with one attached hydrogen (secondary N) is 1. The number of hydrogen-bond donors (Lipinski definition) is 1. The number of carbonyl (C=O) groups excluding carboxylic acids is 1. The lowest BCUT2D eigenvalue weighted by Crippen LogP contribution is -2.33. The minimum atomic E-state index is -0.308. The van der Waals surface area contributed by atoms with Gasteiger partial charge in [-0.05, 0) is 36.1 Å². The topological polar surface area (TPSA) is 72.7 Å². The van der Waals surface area contributed by atoms with Crippen LogP contribution in [0.5, 0.6) is 0 Å². The Morgan fingerprint density at radius 2 is 1.61 bits per heavy atom. The molecule has 0 radical (unpaired) electrons. The Morgan fingerprint density at radius 1 is 0.939 bits per heavy atom. The molecule has 2 aromatic heterocycles.